The number of anilines is 1. The number of ether oxygens (including phenoxy) is 1. The zero-order chi connectivity index (χ0) is 13.1. The van der Waals surface area contributed by atoms with Crippen molar-refractivity contribution in [2.24, 2.45) is 5.41 Å². The molecule has 0 aliphatic carbocycles. The molecule has 5 heteroatoms. The van der Waals surface area contributed by atoms with Gasteiger partial charge in [0.1, 0.15) is 0 Å². The average molecular weight is 262 g/mol. The van der Waals surface area contributed by atoms with Gasteiger partial charge in [0.2, 0.25) is 0 Å². The summed E-state index contributed by atoms with van der Waals surface area (Å²) in [5, 5.41) is 3.45. The van der Waals surface area contributed by atoms with E-state index in [9.17, 15) is 0 Å². The third-order valence-corrected chi connectivity index (χ3v) is 4.36. The smallest absolute Gasteiger partial charge is 0.316 e. The first kappa shape index (κ1) is 12.7. The highest BCUT2D eigenvalue weighted by atomic mass is 16.5. The Bertz CT molecular complexity index is 414. The fraction of sp³-hybridized carbons (Fsp3) is 0.714. The summed E-state index contributed by atoms with van der Waals surface area (Å²) in [6.07, 6.45) is 7.65. The van der Waals surface area contributed by atoms with E-state index in [4.69, 9.17) is 4.74 Å². The molecule has 0 atom stereocenters. The molecular weight excluding hydrogens is 240 g/mol. The zero-order valence-electron chi connectivity index (χ0n) is 11.6. The van der Waals surface area contributed by atoms with Crippen molar-refractivity contribution in [3.05, 3.63) is 12.4 Å². The third kappa shape index (κ3) is 2.66. The molecule has 1 aromatic rings. The molecule has 3 heterocycles. The standard InChI is InChI=1S/C14H22N4O/c1-2-19-13-16-9-12(10-17-13)18-8-5-14(11-18)3-6-15-7-4-14/h9-10,15H,2-8,11H2,1H3. The second-order valence-electron chi connectivity index (χ2n) is 5.58. The molecule has 0 aromatic carbocycles. The molecule has 0 radical (unpaired) electrons. The van der Waals surface area contributed by atoms with Crippen molar-refractivity contribution in [2.45, 2.75) is 26.2 Å². The van der Waals surface area contributed by atoms with E-state index in [2.05, 4.69) is 20.2 Å². The summed E-state index contributed by atoms with van der Waals surface area (Å²) in [7, 11) is 0. The Balaban J connectivity index is 1.66. The van der Waals surface area contributed by atoms with Crippen LogP contribution in [0, 0.1) is 5.41 Å². The van der Waals surface area contributed by atoms with E-state index in [1.54, 1.807) is 0 Å². The molecule has 2 aliphatic rings. The van der Waals surface area contributed by atoms with E-state index in [1.165, 1.54) is 19.3 Å². The Labute approximate surface area is 114 Å². The van der Waals surface area contributed by atoms with Crippen molar-refractivity contribution in [3.8, 4) is 6.01 Å². The minimum absolute atomic E-state index is 0.474. The molecule has 3 rings (SSSR count). The predicted octanol–water partition coefficient (Wildman–Crippen LogP) is 1.46. The van der Waals surface area contributed by atoms with Crippen molar-refractivity contribution in [2.75, 3.05) is 37.7 Å². The Morgan fingerprint density at radius 2 is 2.00 bits per heavy atom. The molecule has 1 aromatic heterocycles. The fourth-order valence-corrected chi connectivity index (χ4v) is 3.20. The van der Waals surface area contributed by atoms with Crippen LogP contribution in [0.25, 0.3) is 0 Å². The Morgan fingerprint density at radius 1 is 1.26 bits per heavy atom. The van der Waals surface area contributed by atoms with Crippen LogP contribution in [-0.2, 0) is 0 Å². The SMILES string of the molecule is CCOc1ncc(N2CCC3(CCNCC3)C2)cn1. The number of hydrogen-bond acceptors (Lipinski definition) is 5. The normalized spacial score (nSPS) is 21.8. The van der Waals surface area contributed by atoms with Gasteiger partial charge in [0.25, 0.3) is 0 Å². The van der Waals surface area contributed by atoms with E-state index in [-0.39, 0.29) is 0 Å². The van der Waals surface area contributed by atoms with E-state index in [0.29, 0.717) is 18.0 Å². The molecular formula is C14H22N4O. The molecule has 2 aliphatic heterocycles. The molecule has 5 nitrogen and oxygen atoms in total. The van der Waals surface area contributed by atoms with Crippen molar-refractivity contribution in [3.63, 3.8) is 0 Å². The maximum absolute atomic E-state index is 5.28. The minimum atomic E-state index is 0.474. The molecule has 0 unspecified atom stereocenters. The van der Waals surface area contributed by atoms with Crippen LogP contribution in [0.5, 0.6) is 6.01 Å². The van der Waals surface area contributed by atoms with E-state index in [0.717, 1.165) is 31.9 Å². The largest absolute Gasteiger partial charge is 0.464 e. The third-order valence-electron chi connectivity index (χ3n) is 4.36. The second-order valence-corrected chi connectivity index (χ2v) is 5.58. The number of piperidine rings is 1. The van der Waals surface area contributed by atoms with Crippen LogP contribution in [-0.4, -0.2) is 42.8 Å². The van der Waals surface area contributed by atoms with Crippen molar-refractivity contribution < 1.29 is 4.74 Å². The Kier molecular flexibility index (Phi) is 3.55. The number of aromatic nitrogens is 2. The number of nitrogens with one attached hydrogen (secondary N) is 1. The predicted molar refractivity (Wildman–Crippen MR) is 74.6 cm³/mol. The van der Waals surface area contributed by atoms with E-state index < -0.39 is 0 Å². The Morgan fingerprint density at radius 3 is 2.68 bits per heavy atom. The minimum Gasteiger partial charge on any atom is -0.464 e. The van der Waals surface area contributed by atoms with Crippen LogP contribution in [0.4, 0.5) is 5.69 Å². The maximum atomic E-state index is 5.28. The lowest BCUT2D eigenvalue weighted by molar-refractivity contribution is 0.232. The molecule has 2 saturated heterocycles. The molecule has 1 spiro atoms. The topological polar surface area (TPSA) is 50.3 Å². The van der Waals surface area contributed by atoms with Crippen LogP contribution in [0.15, 0.2) is 12.4 Å². The highest BCUT2D eigenvalue weighted by molar-refractivity contribution is 5.44. The van der Waals surface area contributed by atoms with Gasteiger partial charge in [-0.1, -0.05) is 0 Å². The highest BCUT2D eigenvalue weighted by Crippen LogP contribution is 2.40. The summed E-state index contributed by atoms with van der Waals surface area (Å²) in [4.78, 5) is 10.9. The maximum Gasteiger partial charge on any atom is 0.316 e. The summed E-state index contributed by atoms with van der Waals surface area (Å²) in [5.74, 6) is 0. The summed E-state index contributed by atoms with van der Waals surface area (Å²) >= 11 is 0. The first-order chi connectivity index (χ1) is 9.31. The van der Waals surface area contributed by atoms with Crippen LogP contribution >= 0.6 is 0 Å². The van der Waals surface area contributed by atoms with Gasteiger partial charge in [-0.15, -0.1) is 0 Å². The van der Waals surface area contributed by atoms with Gasteiger partial charge in [0.15, 0.2) is 0 Å². The van der Waals surface area contributed by atoms with Crippen LogP contribution in [0.2, 0.25) is 0 Å². The average Bonchev–Trinajstić information content (AvgIpc) is 2.85. The molecule has 19 heavy (non-hydrogen) atoms. The quantitative estimate of drug-likeness (QED) is 0.893. The van der Waals surface area contributed by atoms with E-state index >= 15 is 0 Å². The van der Waals surface area contributed by atoms with Crippen molar-refractivity contribution >= 4 is 5.69 Å². The first-order valence-electron chi connectivity index (χ1n) is 7.22. The van der Waals surface area contributed by atoms with Crippen LogP contribution < -0.4 is 15.0 Å². The number of hydrogen-bond donors (Lipinski definition) is 1. The summed E-state index contributed by atoms with van der Waals surface area (Å²) in [6, 6.07) is 0.474. The second kappa shape index (κ2) is 5.33. The van der Waals surface area contributed by atoms with Crippen LogP contribution in [0.1, 0.15) is 26.2 Å². The van der Waals surface area contributed by atoms with Gasteiger partial charge in [-0.05, 0) is 44.7 Å². The number of nitrogens with zero attached hydrogens (tertiary/aromatic N) is 3. The Hall–Kier alpha value is -1.36. The van der Waals surface area contributed by atoms with Gasteiger partial charge in [0.05, 0.1) is 24.7 Å². The van der Waals surface area contributed by atoms with E-state index in [1.807, 2.05) is 19.3 Å². The van der Waals surface area contributed by atoms with Crippen molar-refractivity contribution in [1.82, 2.24) is 15.3 Å². The fourth-order valence-electron chi connectivity index (χ4n) is 3.20. The molecule has 1 N–H and O–H groups in total. The van der Waals surface area contributed by atoms with Gasteiger partial charge in [-0.3, -0.25) is 0 Å². The molecule has 104 valence electrons. The lowest BCUT2D eigenvalue weighted by Gasteiger charge is -2.33. The molecule has 0 saturated carbocycles. The summed E-state index contributed by atoms with van der Waals surface area (Å²) < 4.78 is 5.28. The number of rotatable bonds is 3. The van der Waals surface area contributed by atoms with Gasteiger partial charge in [0, 0.05) is 13.1 Å². The summed E-state index contributed by atoms with van der Waals surface area (Å²) in [6.45, 7) is 7.14. The lowest BCUT2D eigenvalue weighted by atomic mass is 9.78. The van der Waals surface area contributed by atoms with Gasteiger partial charge in [-0.2, -0.15) is 0 Å². The molecule has 2 fully saturated rings. The van der Waals surface area contributed by atoms with Gasteiger partial charge < -0.3 is 15.0 Å². The highest BCUT2D eigenvalue weighted by Gasteiger charge is 2.38. The van der Waals surface area contributed by atoms with Gasteiger partial charge >= 0.3 is 6.01 Å². The monoisotopic (exact) mass is 262 g/mol. The van der Waals surface area contributed by atoms with Gasteiger partial charge in [-0.25, -0.2) is 9.97 Å². The summed E-state index contributed by atoms with van der Waals surface area (Å²) in [5.41, 5.74) is 1.64. The molecule has 0 bridgehead atoms. The first-order valence-corrected chi connectivity index (χ1v) is 7.22. The van der Waals surface area contributed by atoms with Crippen LogP contribution in [0.3, 0.4) is 0 Å². The molecule has 0 amide bonds. The zero-order valence-corrected chi connectivity index (χ0v) is 11.6. The lowest BCUT2D eigenvalue weighted by Crippen LogP contribution is -2.38. The van der Waals surface area contributed by atoms with Crippen molar-refractivity contribution in [1.29, 1.82) is 0 Å².